The van der Waals surface area contributed by atoms with Gasteiger partial charge in [0.1, 0.15) is 0 Å². The van der Waals surface area contributed by atoms with E-state index in [9.17, 15) is 0 Å². The highest BCUT2D eigenvalue weighted by molar-refractivity contribution is 7.80. The Balaban J connectivity index is 1.71. The Morgan fingerprint density at radius 3 is 2.94 bits per heavy atom. The van der Waals surface area contributed by atoms with E-state index in [1.165, 1.54) is 25.7 Å². The number of nitrogens with zero attached hydrogens (tertiary/aromatic N) is 2. The summed E-state index contributed by atoms with van der Waals surface area (Å²) in [5.41, 5.74) is 0.901. The Hall–Kier alpha value is -1.23. The van der Waals surface area contributed by atoms with Crippen molar-refractivity contribution in [2.75, 3.05) is 0 Å². The van der Waals surface area contributed by atoms with E-state index >= 15 is 0 Å². The zero-order valence-electron chi connectivity index (χ0n) is 9.15. The Kier molecular flexibility index (Phi) is 4.04. The molecule has 1 saturated carbocycles. The molecule has 0 atom stereocenters. The molecule has 0 aliphatic heterocycles. The number of hydrogen-bond donors (Lipinski definition) is 2. The summed E-state index contributed by atoms with van der Waals surface area (Å²) in [5.74, 6) is 0. The van der Waals surface area contributed by atoms with Crippen LogP contribution in [0.25, 0.3) is 0 Å². The summed E-state index contributed by atoms with van der Waals surface area (Å²) in [6.45, 7) is 0.631. The molecule has 1 aliphatic rings. The van der Waals surface area contributed by atoms with Gasteiger partial charge in [-0.05, 0) is 37.2 Å². The lowest BCUT2D eigenvalue weighted by Crippen LogP contribution is -2.40. The van der Waals surface area contributed by atoms with Gasteiger partial charge in [-0.3, -0.25) is 0 Å². The van der Waals surface area contributed by atoms with Crippen molar-refractivity contribution in [2.24, 2.45) is 0 Å². The molecule has 0 unspecified atom stereocenters. The molecule has 1 fully saturated rings. The Labute approximate surface area is 101 Å². The molecular weight excluding hydrogens is 220 g/mol. The summed E-state index contributed by atoms with van der Waals surface area (Å²) in [6, 6.07) is 4.36. The molecule has 0 bridgehead atoms. The highest BCUT2D eigenvalue weighted by atomic mass is 32.1. The highest BCUT2D eigenvalue weighted by Gasteiger charge is 2.15. The van der Waals surface area contributed by atoms with Crippen LogP contribution in [-0.2, 0) is 6.54 Å². The molecule has 0 saturated heterocycles. The van der Waals surface area contributed by atoms with Crippen LogP contribution in [0.15, 0.2) is 18.3 Å². The number of rotatable bonds is 3. The quantitative estimate of drug-likeness (QED) is 0.777. The average molecular weight is 236 g/mol. The fourth-order valence-electron chi connectivity index (χ4n) is 1.91. The second-order valence-electron chi connectivity index (χ2n) is 4.02. The van der Waals surface area contributed by atoms with E-state index in [2.05, 4.69) is 20.8 Å². The predicted octanol–water partition coefficient (Wildman–Crippen LogP) is 1.38. The second kappa shape index (κ2) is 5.75. The minimum atomic E-state index is 0.557. The van der Waals surface area contributed by atoms with Crippen LogP contribution in [0.2, 0.25) is 0 Å². The SMILES string of the molecule is S=C(NCc1cccnn1)NC1CCCC1. The van der Waals surface area contributed by atoms with Crippen LogP contribution in [0.1, 0.15) is 31.4 Å². The zero-order valence-corrected chi connectivity index (χ0v) is 9.96. The van der Waals surface area contributed by atoms with Gasteiger partial charge in [-0.1, -0.05) is 12.8 Å². The number of hydrogen-bond acceptors (Lipinski definition) is 3. The topological polar surface area (TPSA) is 49.8 Å². The standard InChI is InChI=1S/C11H16N4S/c16-11(14-9-4-1-2-5-9)12-8-10-6-3-7-13-15-10/h3,6-7,9H,1-2,4-5,8H2,(H2,12,14,16). The first-order valence-corrected chi connectivity index (χ1v) is 6.06. The fraction of sp³-hybridized carbons (Fsp3) is 0.545. The summed E-state index contributed by atoms with van der Waals surface area (Å²) in [6.07, 6.45) is 6.74. The maximum Gasteiger partial charge on any atom is 0.166 e. The summed E-state index contributed by atoms with van der Waals surface area (Å²) >= 11 is 5.22. The first-order chi connectivity index (χ1) is 7.84. The van der Waals surface area contributed by atoms with E-state index in [4.69, 9.17) is 12.2 Å². The first-order valence-electron chi connectivity index (χ1n) is 5.65. The van der Waals surface area contributed by atoms with Gasteiger partial charge in [-0.2, -0.15) is 10.2 Å². The molecule has 5 heteroatoms. The predicted molar refractivity (Wildman–Crippen MR) is 66.9 cm³/mol. The molecule has 1 aromatic heterocycles. The third-order valence-electron chi connectivity index (χ3n) is 2.75. The van der Waals surface area contributed by atoms with Crippen molar-refractivity contribution in [3.63, 3.8) is 0 Å². The van der Waals surface area contributed by atoms with Gasteiger partial charge < -0.3 is 10.6 Å². The van der Waals surface area contributed by atoms with E-state index in [-0.39, 0.29) is 0 Å². The molecule has 1 aromatic rings. The van der Waals surface area contributed by atoms with Crippen LogP contribution in [0.4, 0.5) is 0 Å². The largest absolute Gasteiger partial charge is 0.360 e. The van der Waals surface area contributed by atoms with Crippen molar-refractivity contribution in [1.29, 1.82) is 0 Å². The van der Waals surface area contributed by atoms with Crippen molar-refractivity contribution in [1.82, 2.24) is 20.8 Å². The molecule has 86 valence electrons. The minimum Gasteiger partial charge on any atom is -0.360 e. The van der Waals surface area contributed by atoms with Crippen LogP contribution in [-0.4, -0.2) is 21.4 Å². The van der Waals surface area contributed by atoms with Crippen LogP contribution in [0.3, 0.4) is 0 Å². The van der Waals surface area contributed by atoms with E-state index in [0.29, 0.717) is 12.6 Å². The number of thiocarbonyl (C=S) groups is 1. The molecule has 1 heterocycles. The van der Waals surface area contributed by atoms with Crippen molar-refractivity contribution in [3.8, 4) is 0 Å². The smallest absolute Gasteiger partial charge is 0.166 e. The van der Waals surface area contributed by atoms with Gasteiger partial charge in [-0.15, -0.1) is 0 Å². The lowest BCUT2D eigenvalue weighted by molar-refractivity contribution is 0.620. The molecule has 4 nitrogen and oxygen atoms in total. The zero-order chi connectivity index (χ0) is 11.2. The van der Waals surface area contributed by atoms with E-state index < -0.39 is 0 Å². The van der Waals surface area contributed by atoms with Crippen LogP contribution < -0.4 is 10.6 Å². The Bertz CT molecular complexity index is 335. The first kappa shape index (κ1) is 11.3. The van der Waals surface area contributed by atoms with Gasteiger partial charge in [0.25, 0.3) is 0 Å². The van der Waals surface area contributed by atoms with E-state index in [1.807, 2.05) is 12.1 Å². The molecule has 2 N–H and O–H groups in total. The molecule has 2 rings (SSSR count). The summed E-state index contributed by atoms with van der Waals surface area (Å²) in [5, 5.41) is 15.0. The number of aromatic nitrogens is 2. The summed E-state index contributed by atoms with van der Waals surface area (Å²) < 4.78 is 0. The average Bonchev–Trinajstić information content (AvgIpc) is 2.81. The third kappa shape index (κ3) is 3.41. The van der Waals surface area contributed by atoms with Crippen molar-refractivity contribution in [2.45, 2.75) is 38.3 Å². The molecule has 0 radical (unpaired) electrons. The van der Waals surface area contributed by atoms with Gasteiger partial charge in [0.2, 0.25) is 0 Å². The third-order valence-corrected chi connectivity index (χ3v) is 3.01. The van der Waals surface area contributed by atoms with E-state index in [1.54, 1.807) is 6.20 Å². The molecule has 16 heavy (non-hydrogen) atoms. The van der Waals surface area contributed by atoms with Gasteiger partial charge in [0.15, 0.2) is 5.11 Å². The lowest BCUT2D eigenvalue weighted by Gasteiger charge is -2.15. The summed E-state index contributed by atoms with van der Waals surface area (Å²) in [7, 11) is 0. The minimum absolute atomic E-state index is 0.557. The van der Waals surface area contributed by atoms with Gasteiger partial charge >= 0.3 is 0 Å². The van der Waals surface area contributed by atoms with Crippen molar-refractivity contribution < 1.29 is 0 Å². The molecule has 0 aromatic carbocycles. The molecular formula is C11H16N4S. The maximum absolute atomic E-state index is 5.22. The molecule has 0 spiro atoms. The molecule has 1 aliphatic carbocycles. The van der Waals surface area contributed by atoms with Gasteiger partial charge in [0, 0.05) is 12.2 Å². The molecule has 0 amide bonds. The van der Waals surface area contributed by atoms with Gasteiger partial charge in [-0.25, -0.2) is 0 Å². The van der Waals surface area contributed by atoms with Crippen LogP contribution in [0, 0.1) is 0 Å². The van der Waals surface area contributed by atoms with Crippen LogP contribution in [0.5, 0.6) is 0 Å². The van der Waals surface area contributed by atoms with Gasteiger partial charge in [0.05, 0.1) is 12.2 Å². The summed E-state index contributed by atoms with van der Waals surface area (Å²) in [4.78, 5) is 0. The Morgan fingerprint density at radius 2 is 2.25 bits per heavy atom. The van der Waals surface area contributed by atoms with E-state index in [0.717, 1.165) is 10.8 Å². The maximum atomic E-state index is 5.22. The normalized spacial score (nSPS) is 16.0. The number of nitrogens with one attached hydrogen (secondary N) is 2. The second-order valence-corrected chi connectivity index (χ2v) is 4.43. The lowest BCUT2D eigenvalue weighted by atomic mass is 10.3. The van der Waals surface area contributed by atoms with Crippen LogP contribution >= 0.6 is 12.2 Å². The van der Waals surface area contributed by atoms with Crippen molar-refractivity contribution >= 4 is 17.3 Å². The monoisotopic (exact) mass is 236 g/mol. The Morgan fingerprint density at radius 1 is 1.44 bits per heavy atom. The fourth-order valence-corrected chi connectivity index (χ4v) is 2.14. The highest BCUT2D eigenvalue weighted by Crippen LogP contribution is 2.17. The van der Waals surface area contributed by atoms with Crippen molar-refractivity contribution in [3.05, 3.63) is 24.0 Å².